The Kier molecular flexibility index (Phi) is 5.71. The molecule has 2 aromatic carbocycles. The fourth-order valence-corrected chi connectivity index (χ4v) is 3.07. The maximum atomic E-state index is 12.6. The second-order valence-corrected chi connectivity index (χ2v) is 6.97. The van der Waals surface area contributed by atoms with E-state index in [4.69, 9.17) is 11.6 Å². The van der Waals surface area contributed by atoms with Gasteiger partial charge in [-0.3, -0.25) is 4.79 Å². The van der Waals surface area contributed by atoms with Crippen molar-refractivity contribution in [3.63, 3.8) is 0 Å². The van der Waals surface area contributed by atoms with E-state index in [-0.39, 0.29) is 11.9 Å². The van der Waals surface area contributed by atoms with Gasteiger partial charge in [-0.15, -0.1) is 0 Å². The van der Waals surface area contributed by atoms with E-state index in [0.29, 0.717) is 17.5 Å². The first-order valence-electron chi connectivity index (χ1n) is 8.42. The molecule has 3 rings (SSSR count). The van der Waals surface area contributed by atoms with E-state index in [0.717, 1.165) is 11.1 Å². The highest BCUT2D eigenvalue weighted by molar-refractivity contribution is 6.30. The van der Waals surface area contributed by atoms with Crippen molar-refractivity contribution in [2.75, 3.05) is 0 Å². The quantitative estimate of drug-likeness (QED) is 0.663. The third-order valence-corrected chi connectivity index (χ3v) is 4.63. The van der Waals surface area contributed by atoms with Crippen molar-refractivity contribution in [2.24, 2.45) is 0 Å². The van der Waals surface area contributed by atoms with Crippen LogP contribution in [0.4, 0.5) is 0 Å². The molecule has 2 unspecified atom stereocenters. The van der Waals surface area contributed by atoms with E-state index in [1.54, 1.807) is 0 Å². The molecule has 0 bridgehead atoms. The largest absolute Gasteiger partial charge is 0.351 e. The first kappa shape index (κ1) is 17.9. The van der Waals surface area contributed by atoms with Crippen molar-refractivity contribution < 1.29 is 4.79 Å². The Balaban J connectivity index is 1.62. The van der Waals surface area contributed by atoms with Crippen LogP contribution in [0.25, 0.3) is 0 Å². The third kappa shape index (κ3) is 4.38. The number of benzene rings is 2. The summed E-state index contributed by atoms with van der Waals surface area (Å²) in [5.74, 6) is 0.428. The summed E-state index contributed by atoms with van der Waals surface area (Å²) >= 11 is 6.06. The van der Waals surface area contributed by atoms with Crippen molar-refractivity contribution in [3.8, 4) is 0 Å². The summed E-state index contributed by atoms with van der Waals surface area (Å²) in [6, 6.07) is 15.2. The van der Waals surface area contributed by atoms with E-state index < -0.39 is 6.04 Å². The summed E-state index contributed by atoms with van der Waals surface area (Å²) in [5.41, 5.74) is 12.2. The fraction of sp³-hybridized carbons (Fsp3) is 0.316. The van der Waals surface area contributed by atoms with Crippen LogP contribution in [0.5, 0.6) is 0 Å². The minimum absolute atomic E-state index is 0.0737. The Morgan fingerprint density at radius 1 is 1.16 bits per heavy atom. The second-order valence-electron chi connectivity index (χ2n) is 6.54. The van der Waals surface area contributed by atoms with E-state index in [1.807, 2.05) is 24.3 Å². The van der Waals surface area contributed by atoms with Crippen LogP contribution in [0.3, 0.4) is 0 Å². The number of hydrazine groups is 2. The molecule has 0 saturated carbocycles. The molecule has 1 aliphatic rings. The second kappa shape index (κ2) is 7.97. The van der Waals surface area contributed by atoms with Gasteiger partial charge in [-0.2, -0.15) is 5.53 Å². The lowest BCUT2D eigenvalue weighted by Crippen LogP contribution is -2.44. The first-order valence-corrected chi connectivity index (χ1v) is 8.80. The number of hydrogen-bond acceptors (Lipinski definition) is 4. The summed E-state index contributed by atoms with van der Waals surface area (Å²) in [4.78, 5) is 12.6. The summed E-state index contributed by atoms with van der Waals surface area (Å²) < 4.78 is 0. The number of hydrogen-bond donors (Lipinski definition) is 4. The predicted octanol–water partition coefficient (Wildman–Crippen LogP) is 2.80. The topological polar surface area (TPSA) is 65.2 Å². The van der Waals surface area contributed by atoms with Gasteiger partial charge in [-0.05, 0) is 34.7 Å². The van der Waals surface area contributed by atoms with E-state index in [9.17, 15) is 4.79 Å². The summed E-state index contributed by atoms with van der Waals surface area (Å²) in [5, 5.41) is 3.64. The Morgan fingerprint density at radius 2 is 1.92 bits per heavy atom. The monoisotopic (exact) mass is 358 g/mol. The Labute approximate surface area is 153 Å². The molecular weight excluding hydrogens is 336 g/mol. The van der Waals surface area contributed by atoms with E-state index in [2.05, 4.69) is 59.8 Å². The average molecular weight is 359 g/mol. The highest BCUT2D eigenvalue weighted by Crippen LogP contribution is 2.22. The van der Waals surface area contributed by atoms with Crippen LogP contribution in [-0.4, -0.2) is 11.9 Å². The van der Waals surface area contributed by atoms with Crippen LogP contribution < -0.4 is 21.7 Å². The Bertz CT molecular complexity index is 732. The lowest BCUT2D eigenvalue weighted by Gasteiger charge is -2.18. The molecule has 1 heterocycles. The molecule has 0 spiro atoms. The predicted molar refractivity (Wildman–Crippen MR) is 99.8 cm³/mol. The molecule has 2 aromatic rings. The number of carbonyl (C=O) groups is 1. The normalized spacial score (nSPS) is 20.0. The van der Waals surface area contributed by atoms with Gasteiger partial charge in [0.15, 0.2) is 0 Å². The van der Waals surface area contributed by atoms with Gasteiger partial charge in [0.05, 0.1) is 6.04 Å². The van der Waals surface area contributed by atoms with Crippen molar-refractivity contribution >= 4 is 17.5 Å². The Morgan fingerprint density at radius 3 is 2.60 bits per heavy atom. The SMILES string of the molecule is CC(C)c1ccc(CNC(=O)C2NNNC2c2cccc(Cl)c2)cc1. The highest BCUT2D eigenvalue weighted by Gasteiger charge is 2.33. The third-order valence-electron chi connectivity index (χ3n) is 4.39. The van der Waals surface area contributed by atoms with Gasteiger partial charge in [0.25, 0.3) is 0 Å². The molecule has 1 amide bonds. The van der Waals surface area contributed by atoms with E-state index in [1.165, 1.54) is 5.56 Å². The molecule has 4 N–H and O–H groups in total. The highest BCUT2D eigenvalue weighted by atomic mass is 35.5. The van der Waals surface area contributed by atoms with Crippen LogP contribution in [0.15, 0.2) is 48.5 Å². The number of carbonyl (C=O) groups excluding carboxylic acids is 1. The smallest absolute Gasteiger partial charge is 0.240 e. The molecule has 25 heavy (non-hydrogen) atoms. The van der Waals surface area contributed by atoms with Gasteiger partial charge in [-0.25, -0.2) is 10.9 Å². The average Bonchev–Trinajstić information content (AvgIpc) is 3.10. The molecule has 132 valence electrons. The molecule has 1 aliphatic heterocycles. The van der Waals surface area contributed by atoms with Gasteiger partial charge < -0.3 is 5.32 Å². The van der Waals surface area contributed by atoms with Gasteiger partial charge >= 0.3 is 0 Å². The van der Waals surface area contributed by atoms with Crippen molar-refractivity contribution in [1.82, 2.24) is 21.7 Å². The Hall–Kier alpha value is -1.92. The zero-order chi connectivity index (χ0) is 17.8. The zero-order valence-corrected chi connectivity index (χ0v) is 15.1. The molecule has 1 saturated heterocycles. The van der Waals surface area contributed by atoms with Gasteiger partial charge in [0.2, 0.25) is 5.91 Å². The van der Waals surface area contributed by atoms with Crippen LogP contribution in [0.1, 0.15) is 42.5 Å². The van der Waals surface area contributed by atoms with Gasteiger partial charge in [0, 0.05) is 11.6 Å². The molecule has 1 fully saturated rings. The number of rotatable bonds is 5. The fourth-order valence-electron chi connectivity index (χ4n) is 2.88. The molecule has 6 heteroatoms. The lowest BCUT2D eigenvalue weighted by atomic mass is 10.00. The molecule has 0 aliphatic carbocycles. The summed E-state index contributed by atoms with van der Waals surface area (Å²) in [7, 11) is 0. The van der Waals surface area contributed by atoms with E-state index >= 15 is 0 Å². The zero-order valence-electron chi connectivity index (χ0n) is 14.3. The maximum Gasteiger partial charge on any atom is 0.240 e. The molecule has 5 nitrogen and oxygen atoms in total. The first-order chi connectivity index (χ1) is 12.0. The standard InChI is InChI=1S/C19H23ClN4O/c1-12(2)14-8-6-13(7-9-14)11-21-19(25)18-17(22-24-23-18)15-4-3-5-16(20)10-15/h3-10,12,17-18,22-24H,11H2,1-2H3,(H,21,25). The number of halogens is 1. The summed E-state index contributed by atoms with van der Waals surface area (Å²) in [6.07, 6.45) is 0. The molecule has 2 atom stereocenters. The van der Waals surface area contributed by atoms with Crippen LogP contribution in [-0.2, 0) is 11.3 Å². The molecular formula is C19H23ClN4O. The minimum Gasteiger partial charge on any atom is -0.351 e. The minimum atomic E-state index is -0.423. The van der Waals surface area contributed by atoms with Crippen LogP contribution >= 0.6 is 11.6 Å². The lowest BCUT2D eigenvalue weighted by molar-refractivity contribution is -0.123. The van der Waals surface area contributed by atoms with Crippen molar-refractivity contribution in [2.45, 2.75) is 38.4 Å². The van der Waals surface area contributed by atoms with Gasteiger partial charge in [0.1, 0.15) is 6.04 Å². The molecule has 0 aromatic heterocycles. The van der Waals surface area contributed by atoms with Crippen molar-refractivity contribution in [1.29, 1.82) is 0 Å². The summed E-state index contributed by atoms with van der Waals surface area (Å²) in [6.45, 7) is 4.83. The molecule has 0 radical (unpaired) electrons. The van der Waals surface area contributed by atoms with Crippen LogP contribution in [0.2, 0.25) is 5.02 Å². The number of amides is 1. The number of nitrogens with one attached hydrogen (secondary N) is 4. The van der Waals surface area contributed by atoms with Crippen molar-refractivity contribution in [3.05, 3.63) is 70.2 Å². The van der Waals surface area contributed by atoms with Gasteiger partial charge in [-0.1, -0.05) is 61.8 Å². The van der Waals surface area contributed by atoms with Crippen LogP contribution in [0, 0.1) is 0 Å². The maximum absolute atomic E-state index is 12.6.